The number of carbonyl (C=O) groups excluding carboxylic acids is 2. The maximum Gasteiger partial charge on any atom is 0.315 e. The molecule has 27 heavy (non-hydrogen) atoms. The van der Waals surface area contributed by atoms with Crippen molar-refractivity contribution in [2.24, 2.45) is 0 Å². The van der Waals surface area contributed by atoms with E-state index in [1.165, 1.54) is 12.8 Å². The molecule has 0 aromatic heterocycles. The van der Waals surface area contributed by atoms with Gasteiger partial charge in [-0.1, -0.05) is 47.3 Å². The standard InChI is InChI=1S/C20H29BrN4O2/c21-16-7-5-6-15(12-16)13-24-19(27)25-20(9-2-3-10-20)18(26)23-14-17-8-1-4-11-22-17/h5-7,12,17,22H,1-4,8-11,13-14H2,(H,23,26)(H2,24,25,27)/t17-/m1/s1. The second kappa shape index (κ2) is 9.55. The Kier molecular flexibility index (Phi) is 7.13. The third kappa shape index (κ3) is 5.69. The first-order valence-corrected chi connectivity index (χ1v) is 10.7. The van der Waals surface area contributed by atoms with Crippen molar-refractivity contribution in [2.75, 3.05) is 13.1 Å². The largest absolute Gasteiger partial charge is 0.352 e. The van der Waals surface area contributed by atoms with E-state index in [1.807, 2.05) is 24.3 Å². The van der Waals surface area contributed by atoms with E-state index >= 15 is 0 Å². The molecule has 1 aliphatic carbocycles. The van der Waals surface area contributed by atoms with Crippen LogP contribution in [0.5, 0.6) is 0 Å². The van der Waals surface area contributed by atoms with Gasteiger partial charge in [0.2, 0.25) is 5.91 Å². The van der Waals surface area contributed by atoms with Crippen molar-refractivity contribution in [3.05, 3.63) is 34.3 Å². The highest BCUT2D eigenvalue weighted by Crippen LogP contribution is 2.30. The lowest BCUT2D eigenvalue weighted by molar-refractivity contribution is -0.127. The number of benzene rings is 1. The molecule has 0 unspecified atom stereocenters. The van der Waals surface area contributed by atoms with Gasteiger partial charge in [-0.25, -0.2) is 4.79 Å². The van der Waals surface area contributed by atoms with Crippen LogP contribution in [-0.2, 0) is 11.3 Å². The summed E-state index contributed by atoms with van der Waals surface area (Å²) in [7, 11) is 0. The minimum absolute atomic E-state index is 0.0509. The first kappa shape index (κ1) is 20.1. The maximum absolute atomic E-state index is 12.9. The van der Waals surface area contributed by atoms with Crippen molar-refractivity contribution in [2.45, 2.75) is 63.1 Å². The van der Waals surface area contributed by atoms with E-state index in [4.69, 9.17) is 0 Å². The predicted molar refractivity (Wildman–Crippen MR) is 109 cm³/mol. The van der Waals surface area contributed by atoms with Gasteiger partial charge in [-0.15, -0.1) is 0 Å². The predicted octanol–water partition coefficient (Wildman–Crippen LogP) is 2.82. The van der Waals surface area contributed by atoms with Gasteiger partial charge >= 0.3 is 6.03 Å². The van der Waals surface area contributed by atoms with Crippen molar-refractivity contribution in [1.82, 2.24) is 21.3 Å². The molecule has 0 radical (unpaired) electrons. The highest BCUT2D eigenvalue weighted by Gasteiger charge is 2.42. The lowest BCUT2D eigenvalue weighted by atomic mass is 9.96. The number of carbonyl (C=O) groups is 2. The number of hydrogen-bond donors (Lipinski definition) is 4. The summed E-state index contributed by atoms with van der Waals surface area (Å²) in [6.45, 7) is 2.07. The summed E-state index contributed by atoms with van der Waals surface area (Å²) in [5.41, 5.74) is 0.226. The molecule has 2 aliphatic rings. The van der Waals surface area contributed by atoms with E-state index in [1.54, 1.807) is 0 Å². The van der Waals surface area contributed by atoms with E-state index in [9.17, 15) is 9.59 Å². The van der Waals surface area contributed by atoms with Gasteiger partial charge in [-0.3, -0.25) is 4.79 Å². The van der Waals surface area contributed by atoms with Crippen LogP contribution in [0.1, 0.15) is 50.5 Å². The zero-order valence-electron chi connectivity index (χ0n) is 15.7. The van der Waals surface area contributed by atoms with Gasteiger partial charge in [0.1, 0.15) is 5.54 Å². The molecule has 0 bridgehead atoms. The normalized spacial score (nSPS) is 21.4. The number of hydrogen-bond acceptors (Lipinski definition) is 3. The number of nitrogens with one attached hydrogen (secondary N) is 4. The fraction of sp³-hybridized carbons (Fsp3) is 0.600. The van der Waals surface area contributed by atoms with Crippen molar-refractivity contribution >= 4 is 27.9 Å². The number of amides is 3. The lowest BCUT2D eigenvalue weighted by Crippen LogP contribution is -2.60. The Morgan fingerprint density at radius 2 is 1.96 bits per heavy atom. The zero-order valence-corrected chi connectivity index (χ0v) is 17.2. The van der Waals surface area contributed by atoms with Crippen LogP contribution in [0.2, 0.25) is 0 Å². The fourth-order valence-corrected chi connectivity index (χ4v) is 4.41. The van der Waals surface area contributed by atoms with Crippen molar-refractivity contribution in [3.63, 3.8) is 0 Å². The molecular weight excluding hydrogens is 408 g/mol. The molecule has 1 aromatic rings. The molecule has 3 amide bonds. The lowest BCUT2D eigenvalue weighted by Gasteiger charge is -2.31. The summed E-state index contributed by atoms with van der Waals surface area (Å²) < 4.78 is 0.977. The molecule has 4 N–H and O–H groups in total. The first-order valence-electron chi connectivity index (χ1n) is 9.90. The van der Waals surface area contributed by atoms with Gasteiger partial charge in [0.05, 0.1) is 0 Å². The molecule has 0 spiro atoms. The van der Waals surface area contributed by atoms with Crippen molar-refractivity contribution < 1.29 is 9.59 Å². The maximum atomic E-state index is 12.9. The van der Waals surface area contributed by atoms with Gasteiger partial charge in [0, 0.05) is 23.6 Å². The monoisotopic (exact) mass is 436 g/mol. The summed E-state index contributed by atoms with van der Waals surface area (Å²) in [6.07, 6.45) is 6.81. The van der Waals surface area contributed by atoms with E-state index in [-0.39, 0.29) is 11.9 Å². The molecule has 1 saturated carbocycles. The quantitative estimate of drug-likeness (QED) is 0.553. The smallest absolute Gasteiger partial charge is 0.315 e. The van der Waals surface area contributed by atoms with Crippen LogP contribution in [0.3, 0.4) is 0 Å². The van der Waals surface area contributed by atoms with Crippen LogP contribution < -0.4 is 21.3 Å². The summed E-state index contributed by atoms with van der Waals surface area (Å²) in [5.74, 6) is -0.0509. The molecule has 7 heteroatoms. The first-order chi connectivity index (χ1) is 13.1. The van der Waals surface area contributed by atoms with Gasteiger partial charge in [-0.05, 0) is 49.9 Å². The third-order valence-corrected chi connectivity index (χ3v) is 6.00. The number of halogens is 1. The Morgan fingerprint density at radius 1 is 1.15 bits per heavy atom. The molecule has 6 nitrogen and oxygen atoms in total. The summed E-state index contributed by atoms with van der Waals surface area (Å²) in [4.78, 5) is 25.3. The minimum Gasteiger partial charge on any atom is -0.352 e. The SMILES string of the molecule is O=C(NCc1cccc(Br)c1)NC1(C(=O)NC[C@H]2CCCCN2)CCCC1. The molecular formula is C20H29BrN4O2. The molecule has 3 rings (SSSR count). The molecule has 1 aliphatic heterocycles. The Hall–Kier alpha value is -1.60. The van der Waals surface area contributed by atoms with Crippen molar-refractivity contribution in [1.29, 1.82) is 0 Å². The Labute approximate surface area is 169 Å². The summed E-state index contributed by atoms with van der Waals surface area (Å²) in [6, 6.07) is 7.86. The average molecular weight is 437 g/mol. The van der Waals surface area contributed by atoms with Crippen molar-refractivity contribution in [3.8, 4) is 0 Å². The second-order valence-electron chi connectivity index (χ2n) is 7.58. The Morgan fingerprint density at radius 3 is 2.67 bits per heavy atom. The molecule has 2 fully saturated rings. The topological polar surface area (TPSA) is 82.3 Å². The Bertz CT molecular complexity index is 655. The van der Waals surface area contributed by atoms with Crippen LogP contribution in [-0.4, -0.2) is 36.6 Å². The van der Waals surface area contributed by atoms with E-state index in [2.05, 4.69) is 37.2 Å². The number of urea groups is 1. The van der Waals surface area contributed by atoms with Crippen LogP contribution >= 0.6 is 15.9 Å². The molecule has 1 atom stereocenters. The van der Waals surface area contributed by atoms with Gasteiger partial charge in [-0.2, -0.15) is 0 Å². The zero-order chi connectivity index (χ0) is 19.1. The fourth-order valence-electron chi connectivity index (χ4n) is 3.96. The van der Waals surface area contributed by atoms with Crippen LogP contribution in [0.15, 0.2) is 28.7 Å². The van der Waals surface area contributed by atoms with Gasteiger partial charge in [0.15, 0.2) is 0 Å². The van der Waals surface area contributed by atoms with E-state index in [0.29, 0.717) is 32.0 Å². The van der Waals surface area contributed by atoms with Crippen LogP contribution in [0.4, 0.5) is 4.79 Å². The van der Waals surface area contributed by atoms with Crippen LogP contribution in [0, 0.1) is 0 Å². The second-order valence-corrected chi connectivity index (χ2v) is 8.50. The minimum atomic E-state index is -0.782. The highest BCUT2D eigenvalue weighted by molar-refractivity contribution is 9.10. The third-order valence-electron chi connectivity index (χ3n) is 5.51. The molecule has 1 aromatic carbocycles. The number of piperidine rings is 1. The van der Waals surface area contributed by atoms with Gasteiger partial charge < -0.3 is 21.3 Å². The molecule has 148 valence electrons. The Balaban J connectivity index is 1.52. The van der Waals surface area contributed by atoms with Gasteiger partial charge in [0.25, 0.3) is 0 Å². The molecule has 1 saturated heterocycles. The van der Waals surface area contributed by atoms with Crippen LogP contribution in [0.25, 0.3) is 0 Å². The van der Waals surface area contributed by atoms with E-state index < -0.39 is 5.54 Å². The highest BCUT2D eigenvalue weighted by atomic mass is 79.9. The molecule has 1 heterocycles. The summed E-state index contributed by atoms with van der Waals surface area (Å²) >= 11 is 3.43. The van der Waals surface area contributed by atoms with E-state index in [0.717, 1.165) is 35.8 Å². The number of rotatable bonds is 6. The summed E-state index contributed by atoms with van der Waals surface area (Å²) in [5, 5.41) is 12.4. The average Bonchev–Trinajstić information content (AvgIpc) is 3.15.